The van der Waals surface area contributed by atoms with Gasteiger partial charge in [-0.25, -0.2) is 4.98 Å². The van der Waals surface area contributed by atoms with Gasteiger partial charge in [0.15, 0.2) is 0 Å². The van der Waals surface area contributed by atoms with Gasteiger partial charge in [0.05, 0.1) is 12.6 Å². The highest BCUT2D eigenvalue weighted by atomic mass is 32.1. The zero-order chi connectivity index (χ0) is 20.2. The van der Waals surface area contributed by atoms with E-state index < -0.39 is 0 Å². The molecule has 0 saturated carbocycles. The van der Waals surface area contributed by atoms with Crippen LogP contribution in [0.1, 0.15) is 24.8 Å². The summed E-state index contributed by atoms with van der Waals surface area (Å²) in [6.45, 7) is 2.04. The molecule has 0 unspecified atom stereocenters. The van der Waals surface area contributed by atoms with Crippen LogP contribution in [-0.4, -0.2) is 35.7 Å². The van der Waals surface area contributed by atoms with Crippen LogP contribution in [-0.2, 0) is 17.9 Å². The van der Waals surface area contributed by atoms with Crippen LogP contribution in [0.5, 0.6) is 5.75 Å². The van der Waals surface area contributed by atoms with Crippen molar-refractivity contribution in [3.63, 3.8) is 0 Å². The minimum Gasteiger partial charge on any atom is -0.497 e. The lowest BCUT2D eigenvalue weighted by molar-refractivity contribution is -0.121. The van der Waals surface area contributed by atoms with Crippen molar-refractivity contribution < 1.29 is 9.53 Å². The number of fused-ring (bicyclic) bond motifs is 1. The third-order valence-corrected chi connectivity index (χ3v) is 6.00. The molecule has 0 spiro atoms. The van der Waals surface area contributed by atoms with Crippen molar-refractivity contribution in [3.05, 3.63) is 51.6 Å². The van der Waals surface area contributed by atoms with E-state index in [-0.39, 0.29) is 18.0 Å². The minimum atomic E-state index is -0.217. The number of hydrogen-bond donors (Lipinski definition) is 1. The summed E-state index contributed by atoms with van der Waals surface area (Å²) in [4.78, 5) is 32.6. The number of nitrogens with one attached hydrogen (secondary N) is 1. The smallest absolute Gasteiger partial charge is 0.273 e. The molecule has 8 heteroatoms. The number of nitrogens with zero attached hydrogens (tertiary/aromatic N) is 3. The number of piperidine rings is 1. The molecule has 152 valence electrons. The molecule has 1 saturated heterocycles. The van der Waals surface area contributed by atoms with E-state index in [1.165, 1.54) is 22.3 Å². The van der Waals surface area contributed by atoms with Gasteiger partial charge in [0.2, 0.25) is 11.9 Å². The topological polar surface area (TPSA) is 76.5 Å². The summed E-state index contributed by atoms with van der Waals surface area (Å²) in [7, 11) is 1.61. The number of aromatic nitrogens is 2. The van der Waals surface area contributed by atoms with E-state index in [2.05, 4.69) is 10.2 Å². The molecule has 1 N–H and O–H groups in total. The summed E-state index contributed by atoms with van der Waals surface area (Å²) in [6, 6.07) is 9.41. The first-order valence-corrected chi connectivity index (χ1v) is 10.7. The van der Waals surface area contributed by atoms with Crippen LogP contribution >= 0.6 is 11.3 Å². The maximum atomic E-state index is 13.1. The quantitative estimate of drug-likeness (QED) is 0.674. The molecule has 1 aromatic carbocycles. The molecule has 1 fully saturated rings. The van der Waals surface area contributed by atoms with Gasteiger partial charge in [-0.15, -0.1) is 11.3 Å². The monoisotopic (exact) mass is 412 g/mol. The van der Waals surface area contributed by atoms with Gasteiger partial charge in [0.25, 0.3) is 5.56 Å². The Balaban J connectivity index is 1.56. The van der Waals surface area contributed by atoms with E-state index in [0.717, 1.165) is 37.2 Å². The predicted octanol–water partition coefficient (Wildman–Crippen LogP) is 2.77. The summed E-state index contributed by atoms with van der Waals surface area (Å²) >= 11 is 1.36. The van der Waals surface area contributed by atoms with Crippen LogP contribution < -0.4 is 20.5 Å². The molecular weight excluding hydrogens is 388 g/mol. The summed E-state index contributed by atoms with van der Waals surface area (Å²) < 4.78 is 7.33. The van der Waals surface area contributed by atoms with Crippen LogP contribution in [0.2, 0.25) is 0 Å². The molecule has 1 aliphatic rings. The molecule has 4 rings (SSSR count). The average Bonchev–Trinajstić information content (AvgIpc) is 3.24. The maximum absolute atomic E-state index is 13.1. The lowest BCUT2D eigenvalue weighted by Gasteiger charge is -2.29. The summed E-state index contributed by atoms with van der Waals surface area (Å²) in [5, 5.41) is 4.77. The van der Waals surface area contributed by atoms with E-state index in [4.69, 9.17) is 9.72 Å². The number of benzene rings is 1. The van der Waals surface area contributed by atoms with Gasteiger partial charge in [-0.3, -0.25) is 14.2 Å². The zero-order valence-electron chi connectivity index (χ0n) is 16.4. The van der Waals surface area contributed by atoms with E-state index in [9.17, 15) is 9.59 Å². The van der Waals surface area contributed by atoms with Crippen LogP contribution in [0.3, 0.4) is 0 Å². The van der Waals surface area contributed by atoms with E-state index in [1.807, 2.05) is 35.7 Å². The van der Waals surface area contributed by atoms with E-state index >= 15 is 0 Å². The third kappa shape index (κ3) is 4.27. The number of methoxy groups -OCH3 is 1. The highest BCUT2D eigenvalue weighted by Gasteiger charge is 2.21. The maximum Gasteiger partial charge on any atom is 0.273 e. The Morgan fingerprint density at radius 1 is 1.24 bits per heavy atom. The van der Waals surface area contributed by atoms with Crippen molar-refractivity contribution in [1.29, 1.82) is 0 Å². The van der Waals surface area contributed by atoms with Crippen molar-refractivity contribution in [2.45, 2.75) is 32.4 Å². The van der Waals surface area contributed by atoms with Crippen molar-refractivity contribution in [2.24, 2.45) is 0 Å². The fourth-order valence-electron chi connectivity index (χ4n) is 3.59. The van der Waals surface area contributed by atoms with Crippen LogP contribution in [0.4, 0.5) is 5.95 Å². The summed E-state index contributed by atoms with van der Waals surface area (Å²) in [5.41, 5.74) is 1.49. The highest BCUT2D eigenvalue weighted by molar-refractivity contribution is 7.17. The van der Waals surface area contributed by atoms with Crippen molar-refractivity contribution in [2.75, 3.05) is 25.1 Å². The van der Waals surface area contributed by atoms with E-state index in [1.54, 1.807) is 7.11 Å². The second-order valence-corrected chi connectivity index (χ2v) is 8.03. The molecule has 1 aliphatic heterocycles. The van der Waals surface area contributed by atoms with Crippen molar-refractivity contribution in [1.82, 2.24) is 14.9 Å². The third-order valence-electron chi connectivity index (χ3n) is 5.11. The fraction of sp³-hybridized carbons (Fsp3) is 0.381. The Kier molecular flexibility index (Phi) is 5.80. The molecule has 3 heterocycles. The van der Waals surface area contributed by atoms with Gasteiger partial charge in [-0.2, -0.15) is 0 Å². The lowest BCUT2D eigenvalue weighted by atomic mass is 10.1. The Hall–Kier alpha value is -2.87. The van der Waals surface area contributed by atoms with Crippen molar-refractivity contribution >= 4 is 33.4 Å². The molecule has 0 radical (unpaired) electrons. The molecule has 2 aromatic heterocycles. The molecule has 29 heavy (non-hydrogen) atoms. The number of anilines is 1. The Labute approximate surface area is 172 Å². The number of carbonyl (C=O) groups is 1. The Morgan fingerprint density at radius 2 is 2.07 bits per heavy atom. The number of carbonyl (C=O) groups excluding carboxylic acids is 1. The normalized spacial score (nSPS) is 14.2. The van der Waals surface area contributed by atoms with Gasteiger partial charge in [0.1, 0.15) is 17.0 Å². The van der Waals surface area contributed by atoms with Gasteiger partial charge >= 0.3 is 0 Å². The Bertz CT molecular complexity index is 1070. The van der Waals surface area contributed by atoms with Gasteiger partial charge < -0.3 is 15.0 Å². The highest BCUT2D eigenvalue weighted by Crippen LogP contribution is 2.22. The van der Waals surface area contributed by atoms with Gasteiger partial charge in [-0.1, -0.05) is 12.1 Å². The molecule has 0 atom stereocenters. The minimum absolute atomic E-state index is 0.0462. The standard InChI is InChI=1S/C21H24N4O3S/c1-28-16-7-5-6-15(12-16)13-22-18(26)14-25-20(27)19-17(8-11-29-19)23-21(25)24-9-3-2-4-10-24/h5-8,11-12H,2-4,9-10,13-14H2,1H3,(H,22,26). The molecule has 1 amide bonds. The number of ether oxygens (including phenoxy) is 1. The SMILES string of the molecule is COc1cccc(CNC(=O)Cn2c(N3CCCCC3)nc3ccsc3c2=O)c1. The van der Waals surface area contributed by atoms with Gasteiger partial charge in [0, 0.05) is 19.6 Å². The predicted molar refractivity (Wildman–Crippen MR) is 115 cm³/mol. The first kappa shape index (κ1) is 19.4. The number of amides is 1. The molecule has 0 aliphatic carbocycles. The lowest BCUT2D eigenvalue weighted by Crippen LogP contribution is -2.39. The Morgan fingerprint density at radius 3 is 2.86 bits per heavy atom. The average molecular weight is 413 g/mol. The van der Waals surface area contributed by atoms with Crippen LogP contribution in [0.25, 0.3) is 10.2 Å². The molecular formula is C21H24N4O3S. The number of rotatable bonds is 6. The molecule has 3 aromatic rings. The fourth-order valence-corrected chi connectivity index (χ4v) is 4.37. The molecule has 0 bridgehead atoms. The van der Waals surface area contributed by atoms with Crippen LogP contribution in [0, 0.1) is 0 Å². The van der Waals surface area contributed by atoms with Gasteiger partial charge in [-0.05, 0) is 48.4 Å². The first-order chi connectivity index (χ1) is 14.2. The second-order valence-electron chi connectivity index (χ2n) is 7.11. The summed E-state index contributed by atoms with van der Waals surface area (Å²) in [6.07, 6.45) is 3.32. The number of hydrogen-bond acceptors (Lipinski definition) is 6. The largest absolute Gasteiger partial charge is 0.497 e. The second kappa shape index (κ2) is 8.65. The van der Waals surface area contributed by atoms with Crippen LogP contribution in [0.15, 0.2) is 40.5 Å². The molecule has 7 nitrogen and oxygen atoms in total. The van der Waals surface area contributed by atoms with E-state index in [0.29, 0.717) is 22.7 Å². The summed E-state index contributed by atoms with van der Waals surface area (Å²) in [5.74, 6) is 1.12. The van der Waals surface area contributed by atoms with Crippen molar-refractivity contribution in [3.8, 4) is 5.75 Å². The number of thiophene rings is 1. The first-order valence-electron chi connectivity index (χ1n) is 9.78. The zero-order valence-corrected chi connectivity index (χ0v) is 17.2.